The van der Waals surface area contributed by atoms with Gasteiger partial charge < -0.3 is 0 Å². The van der Waals surface area contributed by atoms with Crippen LogP contribution in [0.25, 0.3) is 0 Å². The van der Waals surface area contributed by atoms with Crippen LogP contribution in [0.1, 0.15) is 22.3 Å². The zero-order valence-corrected chi connectivity index (χ0v) is 16.4. The normalized spacial score (nSPS) is 11.4. The van der Waals surface area contributed by atoms with Gasteiger partial charge >= 0.3 is 0 Å². The van der Waals surface area contributed by atoms with Crippen LogP contribution in [0.2, 0.25) is 0 Å². The van der Waals surface area contributed by atoms with E-state index < -0.39 is 10.0 Å². The van der Waals surface area contributed by atoms with Gasteiger partial charge in [-0.15, -0.1) is 0 Å². The summed E-state index contributed by atoms with van der Waals surface area (Å²) >= 11 is 0. The molecule has 5 heteroatoms. The van der Waals surface area contributed by atoms with E-state index in [4.69, 9.17) is 0 Å². The minimum Gasteiger partial charge on any atom is -0.262 e. The molecule has 0 atom stereocenters. The predicted octanol–water partition coefficient (Wildman–Crippen LogP) is 5.15. The van der Waals surface area contributed by atoms with Crippen molar-refractivity contribution in [3.8, 4) is 0 Å². The van der Waals surface area contributed by atoms with Crippen LogP contribution < -0.4 is 4.31 Å². The van der Waals surface area contributed by atoms with E-state index in [0.29, 0.717) is 11.3 Å². The van der Waals surface area contributed by atoms with Crippen molar-refractivity contribution in [1.82, 2.24) is 0 Å². The first-order chi connectivity index (χ1) is 12.8. The molecule has 0 N–H and O–H groups in total. The van der Waals surface area contributed by atoms with E-state index in [2.05, 4.69) is 0 Å². The fraction of sp³-hybridized carbons (Fsp3) is 0.182. The molecule has 3 aromatic rings. The first-order valence-corrected chi connectivity index (χ1v) is 10.1. The number of sulfonamides is 1. The molecule has 0 spiro atoms. The van der Waals surface area contributed by atoms with E-state index >= 15 is 0 Å². The number of halogens is 1. The molecule has 0 bridgehead atoms. The Morgan fingerprint density at radius 1 is 0.815 bits per heavy atom. The average Bonchev–Trinajstić information content (AvgIpc) is 2.62. The van der Waals surface area contributed by atoms with Crippen LogP contribution in [-0.4, -0.2) is 8.42 Å². The van der Waals surface area contributed by atoms with Crippen molar-refractivity contribution in [2.24, 2.45) is 0 Å². The van der Waals surface area contributed by atoms with Crippen molar-refractivity contribution in [1.29, 1.82) is 0 Å². The fourth-order valence-corrected chi connectivity index (χ4v) is 4.50. The minimum absolute atomic E-state index is 0.125. The van der Waals surface area contributed by atoms with E-state index in [1.807, 2.05) is 39.0 Å². The monoisotopic (exact) mass is 383 g/mol. The smallest absolute Gasteiger partial charge is 0.262 e. The van der Waals surface area contributed by atoms with Crippen molar-refractivity contribution in [2.45, 2.75) is 32.2 Å². The zero-order chi connectivity index (χ0) is 19.6. The molecule has 0 radical (unpaired) electrons. The quantitative estimate of drug-likeness (QED) is 0.611. The number of nitrogens with zero attached hydrogens (tertiary/aromatic N) is 1. The Bertz CT molecular complexity index is 1040. The molecule has 3 nitrogen and oxygen atoms in total. The molecule has 0 saturated carbocycles. The molecule has 0 aromatic heterocycles. The van der Waals surface area contributed by atoms with Crippen LogP contribution in [0.3, 0.4) is 0 Å². The van der Waals surface area contributed by atoms with E-state index in [1.165, 1.54) is 16.4 Å². The molecule has 140 valence electrons. The van der Waals surface area contributed by atoms with Crippen molar-refractivity contribution in [2.75, 3.05) is 4.31 Å². The average molecular weight is 383 g/mol. The molecule has 0 heterocycles. The third-order valence-corrected chi connectivity index (χ3v) is 6.24. The van der Waals surface area contributed by atoms with Crippen LogP contribution in [0.5, 0.6) is 0 Å². The summed E-state index contributed by atoms with van der Waals surface area (Å²) in [5, 5.41) is 0. The van der Waals surface area contributed by atoms with Gasteiger partial charge in [-0.2, -0.15) is 0 Å². The minimum atomic E-state index is -3.77. The second-order valence-corrected chi connectivity index (χ2v) is 8.60. The predicted molar refractivity (Wildman–Crippen MR) is 107 cm³/mol. The maximum Gasteiger partial charge on any atom is 0.264 e. The first-order valence-electron chi connectivity index (χ1n) is 8.68. The van der Waals surface area contributed by atoms with Crippen molar-refractivity contribution in [3.05, 3.63) is 94.8 Å². The Labute approximate surface area is 160 Å². The Balaban J connectivity index is 2.11. The molecule has 0 aliphatic rings. The maximum absolute atomic E-state index is 13.4. The molecule has 0 aliphatic carbocycles. The third-order valence-electron chi connectivity index (χ3n) is 4.47. The Morgan fingerprint density at radius 2 is 1.41 bits per heavy atom. The van der Waals surface area contributed by atoms with Gasteiger partial charge in [0.1, 0.15) is 5.82 Å². The lowest BCUT2D eigenvalue weighted by Gasteiger charge is -2.26. The van der Waals surface area contributed by atoms with Gasteiger partial charge in [-0.1, -0.05) is 47.5 Å². The number of rotatable bonds is 5. The van der Waals surface area contributed by atoms with Crippen molar-refractivity contribution >= 4 is 15.7 Å². The summed E-state index contributed by atoms with van der Waals surface area (Å²) in [5.74, 6) is -0.349. The number of hydrogen-bond donors (Lipinski definition) is 0. The lowest BCUT2D eigenvalue weighted by Crippen LogP contribution is -2.31. The summed E-state index contributed by atoms with van der Waals surface area (Å²) in [5.41, 5.74) is 4.25. The van der Waals surface area contributed by atoms with Crippen LogP contribution in [0.4, 0.5) is 10.1 Å². The third kappa shape index (κ3) is 4.19. The largest absolute Gasteiger partial charge is 0.264 e. The van der Waals surface area contributed by atoms with Gasteiger partial charge in [-0.25, -0.2) is 12.8 Å². The van der Waals surface area contributed by atoms with E-state index in [1.54, 1.807) is 36.4 Å². The topological polar surface area (TPSA) is 37.4 Å². The van der Waals surface area contributed by atoms with Gasteiger partial charge in [0.15, 0.2) is 0 Å². The number of benzene rings is 3. The lowest BCUT2D eigenvalue weighted by molar-refractivity contribution is 0.590. The Morgan fingerprint density at radius 3 is 2.00 bits per heavy atom. The summed E-state index contributed by atoms with van der Waals surface area (Å²) in [6.07, 6.45) is 0. The zero-order valence-electron chi connectivity index (χ0n) is 15.6. The molecule has 3 rings (SSSR count). The molecule has 0 amide bonds. The van der Waals surface area contributed by atoms with Gasteiger partial charge in [0.25, 0.3) is 10.0 Å². The van der Waals surface area contributed by atoms with Gasteiger partial charge in [-0.05, 0) is 62.2 Å². The van der Waals surface area contributed by atoms with Crippen LogP contribution >= 0.6 is 0 Å². The summed E-state index contributed by atoms with van der Waals surface area (Å²) in [6, 6.07) is 18.4. The summed E-state index contributed by atoms with van der Waals surface area (Å²) < 4.78 is 41.5. The van der Waals surface area contributed by atoms with Crippen LogP contribution in [0.15, 0.2) is 71.6 Å². The van der Waals surface area contributed by atoms with Gasteiger partial charge in [0, 0.05) is 0 Å². The van der Waals surface area contributed by atoms with Gasteiger partial charge in [-0.3, -0.25) is 4.31 Å². The Kier molecular flexibility index (Phi) is 5.33. The summed E-state index contributed by atoms with van der Waals surface area (Å²) in [7, 11) is -3.77. The van der Waals surface area contributed by atoms with Gasteiger partial charge in [0.05, 0.1) is 17.1 Å². The van der Waals surface area contributed by atoms with Crippen molar-refractivity contribution in [3.63, 3.8) is 0 Å². The maximum atomic E-state index is 13.4. The van der Waals surface area contributed by atoms with Gasteiger partial charge in [0.2, 0.25) is 0 Å². The molecule has 0 aliphatic heterocycles. The number of hydrogen-bond acceptors (Lipinski definition) is 2. The summed E-state index contributed by atoms with van der Waals surface area (Å²) in [6.45, 7) is 5.90. The second kappa shape index (κ2) is 7.53. The fourth-order valence-electron chi connectivity index (χ4n) is 2.98. The lowest BCUT2D eigenvalue weighted by atomic mass is 10.1. The highest BCUT2D eigenvalue weighted by Gasteiger charge is 2.26. The van der Waals surface area contributed by atoms with Crippen molar-refractivity contribution < 1.29 is 12.8 Å². The highest BCUT2D eigenvalue weighted by molar-refractivity contribution is 7.92. The number of anilines is 1. The Hall–Kier alpha value is -2.66. The van der Waals surface area contributed by atoms with E-state index in [0.717, 1.165) is 16.7 Å². The molecule has 0 fully saturated rings. The molecule has 0 unspecified atom stereocenters. The highest BCUT2D eigenvalue weighted by atomic mass is 32.2. The SMILES string of the molecule is Cc1ccc(S(=O)(=O)N(Cc2ccc(F)cc2)c2ccc(C)cc2C)cc1. The van der Waals surface area contributed by atoms with Crippen LogP contribution in [-0.2, 0) is 16.6 Å². The molecular formula is C22H22FNO2S. The molecular weight excluding hydrogens is 361 g/mol. The molecule has 27 heavy (non-hydrogen) atoms. The van der Waals surface area contributed by atoms with E-state index in [9.17, 15) is 12.8 Å². The summed E-state index contributed by atoms with van der Waals surface area (Å²) in [4.78, 5) is 0.232. The highest BCUT2D eigenvalue weighted by Crippen LogP contribution is 2.29. The first kappa shape index (κ1) is 19.1. The second-order valence-electron chi connectivity index (χ2n) is 6.74. The van der Waals surface area contributed by atoms with Crippen LogP contribution in [0, 0.1) is 26.6 Å². The van der Waals surface area contributed by atoms with E-state index in [-0.39, 0.29) is 17.3 Å². The molecule has 0 saturated heterocycles. The molecule has 3 aromatic carbocycles. The standard InChI is InChI=1S/C22H22FNO2S/c1-16-4-11-21(12-5-16)27(25,26)24(15-19-7-9-20(23)10-8-19)22-13-6-17(2)14-18(22)3/h4-14H,15H2,1-3H3. The number of aryl methyl sites for hydroxylation is 3.